The molecule has 30 heavy (non-hydrogen) atoms. The van der Waals surface area contributed by atoms with E-state index in [0.29, 0.717) is 29.6 Å². The van der Waals surface area contributed by atoms with E-state index in [4.69, 9.17) is 39.3 Å². The van der Waals surface area contributed by atoms with Gasteiger partial charge in [-0.3, -0.25) is 4.98 Å². The maximum atomic E-state index is 10.9. The van der Waals surface area contributed by atoms with Crippen LogP contribution in [0.2, 0.25) is 0 Å². The van der Waals surface area contributed by atoms with Gasteiger partial charge in [-0.15, -0.1) is 0 Å². The van der Waals surface area contributed by atoms with Crippen molar-refractivity contribution in [2.75, 3.05) is 5.32 Å². The van der Waals surface area contributed by atoms with Crippen LogP contribution in [0.5, 0.6) is 0 Å². The Hall–Kier alpha value is -1.34. The zero-order chi connectivity index (χ0) is 20.7. The number of nitrogens with one attached hydrogen (secondary N) is 1. The fourth-order valence-corrected chi connectivity index (χ4v) is 6.58. The van der Waals surface area contributed by atoms with Crippen molar-refractivity contribution in [2.24, 2.45) is 17.8 Å². The molecule has 2 heterocycles. The van der Waals surface area contributed by atoms with Gasteiger partial charge in [-0.25, -0.2) is 0 Å². The predicted octanol–water partition coefficient (Wildman–Crippen LogP) is 4.88. The molecule has 9 heteroatoms. The zero-order valence-electron chi connectivity index (χ0n) is 16.1. The first-order valence-corrected chi connectivity index (χ1v) is 11.5. The Bertz CT molecular complexity index is 1030. The van der Waals surface area contributed by atoms with Crippen LogP contribution in [-0.4, -0.2) is 31.9 Å². The van der Waals surface area contributed by atoms with Gasteiger partial charge in [-0.1, -0.05) is 52.1 Å². The van der Waals surface area contributed by atoms with Crippen LogP contribution in [0.15, 0.2) is 16.8 Å². The fraction of sp³-hybridized carbons (Fsp3) is 0.571. The normalized spacial score (nSPS) is 33.9. The zero-order valence-corrected chi connectivity index (χ0v) is 18.4. The molecule has 0 saturated heterocycles. The summed E-state index contributed by atoms with van der Waals surface area (Å²) >= 11 is 17.7. The Labute approximate surface area is 189 Å². The number of rotatable bonds is 3. The number of halogens is 3. The first kappa shape index (κ1) is 19.4. The van der Waals surface area contributed by atoms with Gasteiger partial charge in [-0.05, 0) is 49.9 Å². The first-order chi connectivity index (χ1) is 14.3. The highest BCUT2D eigenvalue weighted by molar-refractivity contribution is 6.66. The summed E-state index contributed by atoms with van der Waals surface area (Å²) in [5, 5.41) is 18.8. The number of fused-ring (bicyclic) bond motifs is 1. The van der Waals surface area contributed by atoms with Gasteiger partial charge in [0.2, 0.25) is 5.82 Å². The third-order valence-corrected chi connectivity index (χ3v) is 7.74. The quantitative estimate of drug-likeness (QED) is 0.626. The largest absolute Gasteiger partial charge is 0.390 e. The van der Waals surface area contributed by atoms with Crippen LogP contribution in [0.4, 0.5) is 5.69 Å². The molecule has 2 N–H and O–H groups in total. The van der Waals surface area contributed by atoms with Crippen LogP contribution in [-0.2, 0) is 10.2 Å². The van der Waals surface area contributed by atoms with Gasteiger partial charge < -0.3 is 14.9 Å². The van der Waals surface area contributed by atoms with Crippen molar-refractivity contribution in [3.63, 3.8) is 0 Å². The van der Waals surface area contributed by atoms with Crippen LogP contribution < -0.4 is 5.32 Å². The van der Waals surface area contributed by atoms with Gasteiger partial charge in [0.1, 0.15) is 0 Å². The number of allylic oxidation sites excluding steroid dienone is 1. The van der Waals surface area contributed by atoms with E-state index >= 15 is 0 Å². The van der Waals surface area contributed by atoms with E-state index in [0.717, 1.165) is 48.2 Å². The number of hydrogen-bond donors (Lipinski definition) is 2. The summed E-state index contributed by atoms with van der Waals surface area (Å²) in [5.41, 5.74) is 3.30. The van der Waals surface area contributed by atoms with Crippen molar-refractivity contribution in [1.29, 1.82) is 0 Å². The first-order valence-electron chi connectivity index (χ1n) is 10.4. The molecule has 0 spiro atoms. The minimum atomic E-state index is -1.78. The van der Waals surface area contributed by atoms with Gasteiger partial charge in [0.25, 0.3) is 9.68 Å². The Morgan fingerprint density at radius 1 is 1.17 bits per heavy atom. The highest BCUT2D eigenvalue weighted by Gasteiger charge is 2.55. The van der Waals surface area contributed by atoms with E-state index in [1.54, 1.807) is 6.20 Å². The SMILES string of the molecule is OC12CC3C[C@H](C1)C(Nc1c(-c4noc(C(Cl)(Cl)Cl)n4)cnc4c1C=CC4)[C@@H](C3)C2. The minimum Gasteiger partial charge on any atom is -0.390 e. The molecule has 2 aromatic heterocycles. The maximum Gasteiger partial charge on any atom is 0.279 e. The summed E-state index contributed by atoms with van der Waals surface area (Å²) in [7, 11) is 0. The van der Waals surface area contributed by atoms with Crippen molar-refractivity contribution < 1.29 is 9.63 Å². The van der Waals surface area contributed by atoms with Crippen molar-refractivity contribution in [3.05, 3.63) is 29.4 Å². The third-order valence-electron chi connectivity index (χ3n) is 7.26. The molecule has 5 aliphatic carbocycles. The summed E-state index contributed by atoms with van der Waals surface area (Å²) in [6.07, 6.45) is 11.8. The molecule has 7 rings (SSSR count). The fourth-order valence-electron chi connectivity index (χ4n) is 6.35. The average molecular weight is 468 g/mol. The van der Waals surface area contributed by atoms with E-state index < -0.39 is 9.39 Å². The maximum absolute atomic E-state index is 10.9. The second kappa shape index (κ2) is 6.58. The molecular formula is C21H21Cl3N4O2. The second-order valence-corrected chi connectivity index (χ2v) is 11.6. The van der Waals surface area contributed by atoms with E-state index in [9.17, 15) is 5.11 Å². The number of anilines is 1. The summed E-state index contributed by atoms with van der Waals surface area (Å²) < 4.78 is 3.41. The Balaban J connectivity index is 1.39. The molecule has 6 nitrogen and oxygen atoms in total. The van der Waals surface area contributed by atoms with Crippen molar-refractivity contribution in [3.8, 4) is 11.4 Å². The summed E-state index contributed by atoms with van der Waals surface area (Å²) in [5.74, 6) is 1.85. The molecule has 4 fully saturated rings. The molecule has 158 valence electrons. The van der Waals surface area contributed by atoms with E-state index in [2.05, 4.69) is 32.6 Å². The lowest BCUT2D eigenvalue weighted by Gasteiger charge is -2.58. The van der Waals surface area contributed by atoms with Gasteiger partial charge in [0.15, 0.2) is 0 Å². The third kappa shape index (κ3) is 3.07. The molecule has 0 aliphatic heterocycles. The lowest BCUT2D eigenvalue weighted by molar-refractivity contribution is -0.129. The molecule has 2 aromatic rings. The monoisotopic (exact) mass is 466 g/mol. The standard InChI is InChI=1S/C21H21Cl3N4O2/c22-21(23,24)19-27-18(28-30-19)14-9-25-15-3-1-2-13(15)17(14)26-16-11-4-10-5-12(16)8-20(29,6-10)7-11/h1-2,9-12,16,29H,3-8H2,(H,25,26)/t10?,11-,12+,16?,20?. The molecular weight excluding hydrogens is 447 g/mol. The molecule has 5 atom stereocenters. The number of hydrogen-bond acceptors (Lipinski definition) is 6. The van der Waals surface area contributed by atoms with Gasteiger partial charge in [0.05, 0.1) is 22.5 Å². The lowest BCUT2D eigenvalue weighted by atomic mass is 9.52. The molecule has 3 unspecified atom stereocenters. The Morgan fingerprint density at radius 2 is 1.93 bits per heavy atom. The molecule has 0 radical (unpaired) electrons. The predicted molar refractivity (Wildman–Crippen MR) is 115 cm³/mol. The molecule has 5 aliphatic rings. The van der Waals surface area contributed by atoms with Crippen LogP contribution in [0.25, 0.3) is 17.5 Å². The molecule has 0 aromatic carbocycles. The van der Waals surface area contributed by atoms with Crippen molar-refractivity contribution in [2.45, 2.75) is 54.0 Å². The number of aromatic nitrogens is 3. The molecule has 0 amide bonds. The second-order valence-electron chi connectivity index (χ2n) is 9.30. The summed E-state index contributed by atoms with van der Waals surface area (Å²) in [6.45, 7) is 0. The highest BCUT2D eigenvalue weighted by atomic mass is 35.6. The number of alkyl halides is 3. The Kier molecular flexibility index (Phi) is 4.24. The van der Waals surface area contributed by atoms with E-state index in [1.165, 1.54) is 12.8 Å². The molecule has 4 saturated carbocycles. The van der Waals surface area contributed by atoms with E-state index in [1.807, 2.05) is 0 Å². The van der Waals surface area contributed by atoms with Crippen molar-refractivity contribution in [1.82, 2.24) is 15.1 Å². The average Bonchev–Trinajstić information content (AvgIpc) is 3.32. The molecule has 4 bridgehead atoms. The number of pyridine rings is 1. The highest BCUT2D eigenvalue weighted by Crippen LogP contribution is 2.56. The summed E-state index contributed by atoms with van der Waals surface area (Å²) in [4.78, 5) is 8.92. The smallest absolute Gasteiger partial charge is 0.279 e. The van der Waals surface area contributed by atoms with Gasteiger partial charge >= 0.3 is 0 Å². The number of aliphatic hydroxyl groups is 1. The van der Waals surface area contributed by atoms with Crippen LogP contribution >= 0.6 is 34.8 Å². The number of nitrogens with zero attached hydrogens (tertiary/aromatic N) is 3. The van der Waals surface area contributed by atoms with Crippen LogP contribution in [0.3, 0.4) is 0 Å². The van der Waals surface area contributed by atoms with Gasteiger partial charge in [0, 0.05) is 24.2 Å². The van der Waals surface area contributed by atoms with E-state index in [-0.39, 0.29) is 5.89 Å². The van der Waals surface area contributed by atoms with Crippen LogP contribution in [0, 0.1) is 17.8 Å². The minimum absolute atomic E-state index is 0.0682. The topological polar surface area (TPSA) is 84.1 Å². The lowest BCUT2D eigenvalue weighted by Crippen LogP contribution is -2.59. The van der Waals surface area contributed by atoms with Crippen LogP contribution in [0.1, 0.15) is 49.3 Å². The van der Waals surface area contributed by atoms with Gasteiger partial charge in [-0.2, -0.15) is 4.98 Å². The van der Waals surface area contributed by atoms with Crippen molar-refractivity contribution >= 4 is 46.6 Å². The summed E-state index contributed by atoms with van der Waals surface area (Å²) in [6, 6.07) is 0.306. The Morgan fingerprint density at radius 3 is 2.60 bits per heavy atom.